The number of amides is 1. The average molecular weight is 520 g/mol. The van der Waals surface area contributed by atoms with Crippen molar-refractivity contribution in [3.63, 3.8) is 0 Å². The van der Waals surface area contributed by atoms with Crippen LogP contribution in [0, 0.1) is 5.92 Å². The maximum absolute atomic E-state index is 12.4. The van der Waals surface area contributed by atoms with E-state index in [0.29, 0.717) is 23.2 Å². The first kappa shape index (κ1) is 23.2. The van der Waals surface area contributed by atoms with Gasteiger partial charge < -0.3 is 14.8 Å². The summed E-state index contributed by atoms with van der Waals surface area (Å²) in [4.78, 5) is 17.0. The van der Waals surface area contributed by atoms with Crippen LogP contribution in [-0.4, -0.2) is 29.7 Å². The molecule has 0 spiro atoms. The summed E-state index contributed by atoms with van der Waals surface area (Å²) in [5, 5.41) is 8.31. The fraction of sp³-hybridized carbons (Fsp3) is 0.227. The number of thiazole rings is 1. The van der Waals surface area contributed by atoms with Crippen LogP contribution in [0.15, 0.2) is 52.3 Å². The molecule has 0 aliphatic heterocycles. The summed E-state index contributed by atoms with van der Waals surface area (Å²) < 4.78 is 11.7. The summed E-state index contributed by atoms with van der Waals surface area (Å²) in [7, 11) is 1.62. The van der Waals surface area contributed by atoms with E-state index in [1.165, 1.54) is 11.3 Å². The third kappa shape index (κ3) is 6.49. The van der Waals surface area contributed by atoms with Crippen LogP contribution >= 0.6 is 39.5 Å². The lowest BCUT2D eigenvalue weighted by molar-refractivity contribution is 0.0977. The fourth-order valence-corrected chi connectivity index (χ4v) is 4.08. The largest absolute Gasteiger partial charge is 0.496 e. The van der Waals surface area contributed by atoms with E-state index < -0.39 is 0 Å². The molecule has 0 aliphatic rings. The van der Waals surface area contributed by atoms with Gasteiger partial charge in [0.25, 0.3) is 5.91 Å². The second kappa shape index (κ2) is 10.7. The lowest BCUT2D eigenvalue weighted by Gasteiger charge is -2.10. The molecule has 0 saturated carbocycles. The molecule has 9 heteroatoms. The molecular formula is C22H22BrN3O3S2. The van der Waals surface area contributed by atoms with Crippen LogP contribution < -0.4 is 20.1 Å². The van der Waals surface area contributed by atoms with Gasteiger partial charge in [-0.25, -0.2) is 4.98 Å². The minimum absolute atomic E-state index is 0.182. The number of carbonyl (C=O) groups excluding carboxylic acids is 1. The van der Waals surface area contributed by atoms with E-state index in [9.17, 15) is 4.79 Å². The molecular weight excluding hydrogens is 498 g/mol. The Morgan fingerprint density at radius 2 is 1.97 bits per heavy atom. The van der Waals surface area contributed by atoms with E-state index in [-0.39, 0.29) is 11.0 Å². The minimum atomic E-state index is -0.302. The Morgan fingerprint density at radius 1 is 1.23 bits per heavy atom. The molecule has 2 N–H and O–H groups in total. The molecule has 1 heterocycles. The van der Waals surface area contributed by atoms with Crippen LogP contribution in [0.25, 0.3) is 11.3 Å². The zero-order valence-electron chi connectivity index (χ0n) is 17.3. The molecule has 1 amide bonds. The van der Waals surface area contributed by atoms with Crippen molar-refractivity contribution >= 4 is 55.6 Å². The predicted octanol–water partition coefficient (Wildman–Crippen LogP) is 5.74. The van der Waals surface area contributed by atoms with Crippen molar-refractivity contribution in [2.75, 3.05) is 19.0 Å². The summed E-state index contributed by atoms with van der Waals surface area (Å²) in [5.74, 6) is 1.61. The first-order valence-corrected chi connectivity index (χ1v) is 11.6. The first-order valence-electron chi connectivity index (χ1n) is 9.50. The number of benzene rings is 2. The second-order valence-electron chi connectivity index (χ2n) is 7.02. The van der Waals surface area contributed by atoms with Gasteiger partial charge in [0, 0.05) is 16.5 Å². The van der Waals surface area contributed by atoms with E-state index >= 15 is 0 Å². The van der Waals surface area contributed by atoms with E-state index in [1.807, 2.05) is 23.6 Å². The number of carbonyl (C=O) groups is 1. The monoisotopic (exact) mass is 519 g/mol. The van der Waals surface area contributed by atoms with E-state index in [1.54, 1.807) is 31.4 Å². The fourth-order valence-electron chi connectivity index (χ4n) is 2.56. The number of methoxy groups -OCH3 is 1. The maximum Gasteiger partial charge on any atom is 0.257 e. The molecule has 3 rings (SSSR count). The van der Waals surface area contributed by atoms with Crippen molar-refractivity contribution < 1.29 is 14.3 Å². The van der Waals surface area contributed by atoms with Gasteiger partial charge in [0.2, 0.25) is 0 Å². The molecule has 6 nitrogen and oxygen atoms in total. The number of nitrogens with zero attached hydrogens (tertiary/aromatic N) is 1. The normalized spacial score (nSPS) is 10.6. The number of nitrogens with one attached hydrogen (secondary N) is 2. The number of thiocarbonyl (C=S) groups is 1. The van der Waals surface area contributed by atoms with Gasteiger partial charge in [-0.15, -0.1) is 11.3 Å². The maximum atomic E-state index is 12.4. The second-order valence-corrected chi connectivity index (χ2v) is 9.15. The molecule has 0 radical (unpaired) electrons. The van der Waals surface area contributed by atoms with Crippen LogP contribution in [0.2, 0.25) is 0 Å². The Morgan fingerprint density at radius 3 is 2.61 bits per heavy atom. The Labute approximate surface area is 199 Å². The van der Waals surface area contributed by atoms with Gasteiger partial charge in [0.15, 0.2) is 10.2 Å². The minimum Gasteiger partial charge on any atom is -0.496 e. The molecule has 0 atom stereocenters. The summed E-state index contributed by atoms with van der Waals surface area (Å²) in [5.41, 5.74) is 2.22. The van der Waals surface area contributed by atoms with Gasteiger partial charge in [-0.3, -0.25) is 10.1 Å². The Balaban J connectivity index is 1.57. The quantitative estimate of drug-likeness (QED) is 0.387. The highest BCUT2D eigenvalue weighted by molar-refractivity contribution is 9.10. The van der Waals surface area contributed by atoms with Gasteiger partial charge in [0.05, 0.1) is 23.9 Å². The standard InChI is InChI=1S/C22H22BrN3O3S2/c1-13(2)11-29-16-7-4-14(5-8-16)20(27)25-21(30)26-22-24-18(12-31-22)15-6-9-19(28-3)17(23)10-15/h4-10,12-13H,11H2,1-3H3,(H2,24,25,26,27,30). The van der Waals surface area contributed by atoms with Gasteiger partial charge >= 0.3 is 0 Å². The zero-order valence-corrected chi connectivity index (χ0v) is 20.5. The molecule has 0 saturated heterocycles. The van der Waals surface area contributed by atoms with Gasteiger partial charge in [-0.2, -0.15) is 0 Å². The lowest BCUT2D eigenvalue weighted by Crippen LogP contribution is -2.34. The third-order valence-corrected chi connectivity index (χ3v) is 5.68. The topological polar surface area (TPSA) is 72.5 Å². The van der Waals surface area contributed by atoms with Gasteiger partial charge in [-0.1, -0.05) is 13.8 Å². The molecule has 0 bridgehead atoms. The van der Waals surface area contributed by atoms with Crippen molar-refractivity contribution in [1.29, 1.82) is 0 Å². The van der Waals surface area contributed by atoms with Crippen molar-refractivity contribution in [3.05, 3.63) is 57.9 Å². The SMILES string of the molecule is COc1ccc(-c2csc(NC(=S)NC(=O)c3ccc(OCC(C)C)cc3)n2)cc1Br. The number of hydrogen-bond donors (Lipinski definition) is 2. The third-order valence-electron chi connectivity index (χ3n) is 4.10. The van der Waals surface area contributed by atoms with Crippen molar-refractivity contribution in [2.45, 2.75) is 13.8 Å². The number of ether oxygens (including phenoxy) is 2. The number of hydrogen-bond acceptors (Lipinski definition) is 6. The Hall–Kier alpha value is -2.49. The van der Waals surface area contributed by atoms with Gasteiger partial charge in [-0.05, 0) is 76.5 Å². The van der Waals surface area contributed by atoms with Crippen molar-refractivity contribution in [3.8, 4) is 22.8 Å². The first-order chi connectivity index (χ1) is 14.9. The van der Waals surface area contributed by atoms with Gasteiger partial charge in [0.1, 0.15) is 11.5 Å². The van der Waals surface area contributed by atoms with E-state index in [2.05, 4.69) is 45.4 Å². The lowest BCUT2D eigenvalue weighted by atomic mass is 10.2. The van der Waals surface area contributed by atoms with Crippen LogP contribution in [0.4, 0.5) is 5.13 Å². The molecule has 0 aliphatic carbocycles. The number of aromatic nitrogens is 1. The van der Waals surface area contributed by atoms with E-state index in [0.717, 1.165) is 27.2 Å². The Bertz CT molecular complexity index is 1070. The highest BCUT2D eigenvalue weighted by Gasteiger charge is 2.11. The predicted molar refractivity (Wildman–Crippen MR) is 132 cm³/mol. The molecule has 1 aromatic heterocycles. The van der Waals surface area contributed by atoms with Crippen molar-refractivity contribution in [2.24, 2.45) is 5.92 Å². The zero-order chi connectivity index (χ0) is 22.4. The molecule has 162 valence electrons. The number of halogens is 1. The van der Waals surface area contributed by atoms with Crippen LogP contribution in [0.5, 0.6) is 11.5 Å². The molecule has 0 fully saturated rings. The van der Waals surface area contributed by atoms with Crippen molar-refractivity contribution in [1.82, 2.24) is 10.3 Å². The Kier molecular flexibility index (Phi) is 8.00. The summed E-state index contributed by atoms with van der Waals surface area (Å²) in [6, 6.07) is 12.7. The number of anilines is 1. The molecule has 3 aromatic rings. The summed E-state index contributed by atoms with van der Waals surface area (Å²) in [6.07, 6.45) is 0. The number of rotatable bonds is 7. The summed E-state index contributed by atoms with van der Waals surface area (Å²) in [6.45, 7) is 4.79. The average Bonchev–Trinajstić information content (AvgIpc) is 3.20. The van der Waals surface area contributed by atoms with Crippen LogP contribution in [0.3, 0.4) is 0 Å². The highest BCUT2D eigenvalue weighted by Crippen LogP contribution is 2.32. The molecule has 31 heavy (non-hydrogen) atoms. The van der Waals surface area contributed by atoms with E-state index in [4.69, 9.17) is 21.7 Å². The smallest absolute Gasteiger partial charge is 0.257 e. The van der Waals surface area contributed by atoms with Crippen LogP contribution in [0.1, 0.15) is 24.2 Å². The molecule has 0 unspecified atom stereocenters. The highest BCUT2D eigenvalue weighted by atomic mass is 79.9. The summed E-state index contributed by atoms with van der Waals surface area (Å²) >= 11 is 10.1. The molecule has 2 aromatic carbocycles. The van der Waals surface area contributed by atoms with Crippen LogP contribution in [-0.2, 0) is 0 Å².